The van der Waals surface area contributed by atoms with Gasteiger partial charge in [0.1, 0.15) is 0 Å². The summed E-state index contributed by atoms with van der Waals surface area (Å²) in [4.78, 5) is 10.2. The van der Waals surface area contributed by atoms with Crippen molar-refractivity contribution in [2.45, 2.75) is 6.18 Å². The minimum atomic E-state index is -4.48. The van der Waals surface area contributed by atoms with Crippen LogP contribution in [-0.2, 0) is 0 Å². The lowest BCUT2D eigenvalue weighted by Crippen LogP contribution is -2.18. The average Bonchev–Trinajstić information content (AvgIpc) is 2.47. The Bertz CT molecular complexity index is 328. The first-order chi connectivity index (χ1) is 6.38. The van der Waals surface area contributed by atoms with Crippen LogP contribution in [0.3, 0.4) is 0 Å². The van der Waals surface area contributed by atoms with Crippen molar-refractivity contribution in [3.63, 3.8) is 0 Å². The van der Waals surface area contributed by atoms with Crippen molar-refractivity contribution in [3.8, 4) is 5.95 Å². The Labute approximate surface area is 75.9 Å². The highest BCUT2D eigenvalue weighted by molar-refractivity contribution is 5.84. The van der Waals surface area contributed by atoms with Crippen molar-refractivity contribution in [3.05, 3.63) is 17.9 Å². The van der Waals surface area contributed by atoms with Gasteiger partial charge in [-0.1, -0.05) is 0 Å². The highest BCUT2D eigenvalue weighted by atomic mass is 19.4. The molecular formula is C7H5F3O4. The molecule has 0 saturated carbocycles. The molecule has 14 heavy (non-hydrogen) atoms. The summed E-state index contributed by atoms with van der Waals surface area (Å²) in [7, 11) is 0. The van der Waals surface area contributed by atoms with Crippen molar-refractivity contribution < 1.29 is 32.2 Å². The Balaban J connectivity index is 2.56. The topological polar surface area (TPSA) is 59.7 Å². The van der Waals surface area contributed by atoms with Crippen molar-refractivity contribution in [2.75, 3.05) is 6.61 Å². The molecule has 0 saturated heterocycles. The van der Waals surface area contributed by atoms with E-state index in [0.29, 0.717) is 0 Å². The van der Waals surface area contributed by atoms with Gasteiger partial charge in [0.15, 0.2) is 6.61 Å². The van der Waals surface area contributed by atoms with E-state index in [2.05, 4.69) is 9.15 Å². The number of hydrogen-bond donors (Lipinski definition) is 1. The number of ether oxygens (including phenoxy) is 1. The fourth-order valence-electron chi connectivity index (χ4n) is 0.666. The molecule has 0 spiro atoms. The molecule has 0 aliphatic carbocycles. The zero-order chi connectivity index (χ0) is 10.8. The van der Waals surface area contributed by atoms with Gasteiger partial charge in [-0.3, -0.25) is 0 Å². The Morgan fingerprint density at radius 3 is 2.57 bits per heavy atom. The molecule has 0 aromatic carbocycles. The van der Waals surface area contributed by atoms with Gasteiger partial charge in [-0.15, -0.1) is 0 Å². The van der Waals surface area contributed by atoms with Gasteiger partial charge < -0.3 is 14.3 Å². The molecule has 7 heteroatoms. The Morgan fingerprint density at radius 2 is 2.14 bits per heavy atom. The third-order valence-corrected chi connectivity index (χ3v) is 1.17. The number of hydrogen-bond acceptors (Lipinski definition) is 3. The van der Waals surface area contributed by atoms with Crippen molar-refractivity contribution in [2.24, 2.45) is 0 Å². The van der Waals surface area contributed by atoms with Crippen LogP contribution in [0.15, 0.2) is 16.5 Å². The van der Waals surface area contributed by atoms with Crippen LogP contribution in [0.2, 0.25) is 0 Å². The SMILES string of the molecule is O=C(O)c1ccc(OCC(F)(F)F)o1. The number of rotatable bonds is 3. The van der Waals surface area contributed by atoms with Gasteiger partial charge in [0.2, 0.25) is 5.76 Å². The van der Waals surface area contributed by atoms with Crippen LogP contribution in [0.5, 0.6) is 5.95 Å². The van der Waals surface area contributed by atoms with E-state index < -0.39 is 30.5 Å². The lowest BCUT2D eigenvalue weighted by Gasteiger charge is -2.05. The van der Waals surface area contributed by atoms with E-state index in [4.69, 9.17) is 5.11 Å². The molecule has 0 fully saturated rings. The first kappa shape index (κ1) is 10.4. The predicted molar refractivity (Wildman–Crippen MR) is 37.2 cm³/mol. The minimum absolute atomic E-state index is 0.470. The number of carboxylic acid groups (broad SMARTS) is 1. The molecule has 1 N–H and O–H groups in total. The third-order valence-electron chi connectivity index (χ3n) is 1.17. The summed E-state index contributed by atoms with van der Waals surface area (Å²) in [6, 6.07) is 2.02. The fourth-order valence-corrected chi connectivity index (χ4v) is 0.666. The molecule has 1 heterocycles. The maximum atomic E-state index is 11.6. The van der Waals surface area contributed by atoms with Gasteiger partial charge in [-0.2, -0.15) is 13.2 Å². The molecule has 0 bridgehead atoms. The van der Waals surface area contributed by atoms with E-state index in [1.54, 1.807) is 0 Å². The van der Waals surface area contributed by atoms with Gasteiger partial charge in [0.25, 0.3) is 5.95 Å². The molecule has 0 aliphatic heterocycles. The van der Waals surface area contributed by atoms with E-state index >= 15 is 0 Å². The van der Waals surface area contributed by atoms with Crippen LogP contribution >= 0.6 is 0 Å². The van der Waals surface area contributed by atoms with Crippen LogP contribution in [-0.4, -0.2) is 23.9 Å². The lowest BCUT2D eigenvalue weighted by molar-refractivity contribution is -0.156. The molecular weight excluding hydrogens is 205 g/mol. The summed E-state index contributed by atoms with van der Waals surface area (Å²) in [6.07, 6.45) is -4.48. The highest BCUT2D eigenvalue weighted by Crippen LogP contribution is 2.20. The highest BCUT2D eigenvalue weighted by Gasteiger charge is 2.29. The smallest absolute Gasteiger partial charge is 0.422 e. The molecule has 0 aliphatic rings. The van der Waals surface area contributed by atoms with Crippen LogP contribution in [0.25, 0.3) is 0 Å². The number of aromatic carboxylic acids is 1. The van der Waals surface area contributed by atoms with Gasteiger partial charge in [-0.05, 0) is 6.07 Å². The number of furan rings is 1. The quantitative estimate of drug-likeness (QED) is 0.827. The number of carbonyl (C=O) groups is 1. The Kier molecular flexibility index (Phi) is 2.68. The second-order valence-electron chi connectivity index (χ2n) is 2.33. The van der Waals surface area contributed by atoms with E-state index in [1.807, 2.05) is 0 Å². The first-order valence-corrected chi connectivity index (χ1v) is 3.41. The van der Waals surface area contributed by atoms with E-state index in [1.165, 1.54) is 0 Å². The normalized spacial score (nSPS) is 11.4. The number of alkyl halides is 3. The largest absolute Gasteiger partial charge is 0.475 e. The van der Waals surface area contributed by atoms with Crippen LogP contribution < -0.4 is 4.74 Å². The van der Waals surface area contributed by atoms with Crippen LogP contribution in [0, 0.1) is 0 Å². The summed E-state index contributed by atoms with van der Waals surface area (Å²) in [5.74, 6) is -2.31. The number of halogens is 3. The van der Waals surface area contributed by atoms with E-state index in [0.717, 1.165) is 12.1 Å². The van der Waals surface area contributed by atoms with Crippen LogP contribution in [0.1, 0.15) is 10.6 Å². The Hall–Kier alpha value is -1.66. The van der Waals surface area contributed by atoms with Crippen molar-refractivity contribution in [1.29, 1.82) is 0 Å². The fraction of sp³-hybridized carbons (Fsp3) is 0.286. The third kappa shape index (κ3) is 3.00. The molecule has 78 valence electrons. The summed E-state index contributed by atoms with van der Waals surface area (Å²) < 4.78 is 43.4. The molecule has 0 unspecified atom stereocenters. The maximum Gasteiger partial charge on any atom is 0.422 e. The van der Waals surface area contributed by atoms with E-state index in [-0.39, 0.29) is 0 Å². The molecule has 0 atom stereocenters. The second kappa shape index (κ2) is 3.60. The van der Waals surface area contributed by atoms with Gasteiger partial charge in [0, 0.05) is 6.07 Å². The molecule has 1 aromatic heterocycles. The predicted octanol–water partition coefficient (Wildman–Crippen LogP) is 1.92. The van der Waals surface area contributed by atoms with Crippen molar-refractivity contribution >= 4 is 5.97 Å². The number of carboxylic acids is 1. The van der Waals surface area contributed by atoms with Gasteiger partial charge in [0.05, 0.1) is 0 Å². The summed E-state index contributed by atoms with van der Waals surface area (Å²) in [5, 5.41) is 8.35. The van der Waals surface area contributed by atoms with Crippen molar-refractivity contribution in [1.82, 2.24) is 0 Å². The van der Waals surface area contributed by atoms with E-state index in [9.17, 15) is 18.0 Å². The zero-order valence-electron chi connectivity index (χ0n) is 6.67. The average molecular weight is 210 g/mol. The Morgan fingerprint density at radius 1 is 1.50 bits per heavy atom. The summed E-state index contributed by atoms with van der Waals surface area (Å²) >= 11 is 0. The molecule has 1 rings (SSSR count). The second-order valence-corrected chi connectivity index (χ2v) is 2.33. The summed E-state index contributed by atoms with van der Waals surface area (Å²) in [5.41, 5.74) is 0. The first-order valence-electron chi connectivity index (χ1n) is 3.41. The lowest BCUT2D eigenvalue weighted by atomic mass is 10.5. The van der Waals surface area contributed by atoms with Gasteiger partial charge in [-0.25, -0.2) is 4.79 Å². The van der Waals surface area contributed by atoms with Crippen LogP contribution in [0.4, 0.5) is 13.2 Å². The molecule has 4 nitrogen and oxygen atoms in total. The minimum Gasteiger partial charge on any atom is -0.475 e. The molecule has 0 amide bonds. The van der Waals surface area contributed by atoms with Gasteiger partial charge >= 0.3 is 12.1 Å². The molecule has 1 aromatic rings. The monoisotopic (exact) mass is 210 g/mol. The standard InChI is InChI=1S/C7H5F3O4/c8-7(9,10)3-13-5-2-1-4(14-5)6(11)12/h1-2H,3H2,(H,11,12). The zero-order valence-corrected chi connectivity index (χ0v) is 6.67. The maximum absolute atomic E-state index is 11.6. The molecule has 0 radical (unpaired) electrons. The summed E-state index contributed by atoms with van der Waals surface area (Å²) in [6.45, 7) is -1.51.